The Balaban J connectivity index is 1.47. The van der Waals surface area contributed by atoms with Gasteiger partial charge in [0.1, 0.15) is 6.67 Å². The van der Waals surface area contributed by atoms with E-state index in [9.17, 15) is 24.5 Å². The van der Waals surface area contributed by atoms with E-state index in [2.05, 4.69) is 0 Å². The van der Waals surface area contributed by atoms with Crippen LogP contribution in [0.25, 0.3) is 10.8 Å². The lowest BCUT2D eigenvalue weighted by atomic mass is 9.99. The Morgan fingerprint density at radius 3 is 2.36 bits per heavy atom. The number of nitro benzene ring substituents is 1. The van der Waals surface area contributed by atoms with Crippen LogP contribution in [0.5, 0.6) is 0 Å². The molecule has 33 heavy (non-hydrogen) atoms. The van der Waals surface area contributed by atoms with E-state index in [1.165, 1.54) is 12.1 Å². The SMILES string of the molecule is O=C(c1ccccc1)C1CN2CC3C(=O)N(c4ccc([N+](=O)[O-])c5ccccc45)C(=O)[N+]13C2. The normalized spacial score (nSPS) is 27.9. The lowest BCUT2D eigenvalue weighted by Gasteiger charge is -2.32. The number of carbonyl (C=O) groups is 3. The average molecular weight is 443 g/mol. The molecule has 9 heteroatoms. The first-order chi connectivity index (χ1) is 15.9. The monoisotopic (exact) mass is 443 g/mol. The van der Waals surface area contributed by atoms with Crippen molar-refractivity contribution in [3.8, 4) is 0 Å². The average Bonchev–Trinajstić information content (AvgIpc) is 3.47. The van der Waals surface area contributed by atoms with Gasteiger partial charge >= 0.3 is 6.03 Å². The number of Topliss-reactive ketones (excluding diaryl/α,β-unsaturated/α-hetero) is 1. The molecule has 4 atom stereocenters. The van der Waals surface area contributed by atoms with Crippen molar-refractivity contribution in [3.05, 3.63) is 82.4 Å². The first-order valence-electron chi connectivity index (χ1n) is 10.7. The molecule has 3 amide bonds. The fraction of sp³-hybridized carbons (Fsp3) is 0.208. The number of quaternary nitrogens is 1. The summed E-state index contributed by atoms with van der Waals surface area (Å²) in [6.07, 6.45) is 0. The van der Waals surface area contributed by atoms with Crippen molar-refractivity contribution in [2.75, 3.05) is 24.7 Å². The number of hydrogen-bond acceptors (Lipinski definition) is 6. The molecule has 0 aliphatic carbocycles. The van der Waals surface area contributed by atoms with E-state index < -0.39 is 23.0 Å². The van der Waals surface area contributed by atoms with Gasteiger partial charge in [0.05, 0.1) is 29.1 Å². The zero-order valence-corrected chi connectivity index (χ0v) is 17.5. The molecule has 3 aliphatic heterocycles. The smallest absolute Gasteiger partial charge is 0.287 e. The van der Waals surface area contributed by atoms with E-state index in [1.54, 1.807) is 48.5 Å². The second kappa shape index (κ2) is 6.77. The predicted octanol–water partition coefficient (Wildman–Crippen LogP) is 2.94. The summed E-state index contributed by atoms with van der Waals surface area (Å²) in [6, 6.07) is 16.5. The van der Waals surface area contributed by atoms with Crippen LogP contribution in [0.15, 0.2) is 66.7 Å². The number of nitrogens with zero attached hydrogens (tertiary/aromatic N) is 4. The van der Waals surface area contributed by atoms with Gasteiger partial charge in [-0.1, -0.05) is 48.5 Å². The maximum atomic E-state index is 14.0. The molecule has 6 rings (SSSR count). The Labute approximate surface area is 188 Å². The van der Waals surface area contributed by atoms with Gasteiger partial charge in [-0.05, 0) is 12.1 Å². The minimum Gasteiger partial charge on any atom is -0.287 e. The molecule has 4 unspecified atom stereocenters. The minimum atomic E-state index is -0.670. The Kier molecular flexibility index (Phi) is 4.05. The molecule has 3 aliphatic rings. The van der Waals surface area contributed by atoms with Gasteiger partial charge in [0.25, 0.3) is 11.6 Å². The molecule has 2 bridgehead atoms. The fourth-order valence-electron chi connectivity index (χ4n) is 5.68. The zero-order valence-electron chi connectivity index (χ0n) is 17.5. The summed E-state index contributed by atoms with van der Waals surface area (Å²) in [4.78, 5) is 55.1. The van der Waals surface area contributed by atoms with E-state index >= 15 is 0 Å². The van der Waals surface area contributed by atoms with Crippen LogP contribution in [-0.2, 0) is 4.79 Å². The predicted molar refractivity (Wildman–Crippen MR) is 119 cm³/mol. The number of piperazine rings is 1. The molecule has 0 radical (unpaired) electrons. The van der Waals surface area contributed by atoms with Crippen LogP contribution in [0.2, 0.25) is 0 Å². The van der Waals surface area contributed by atoms with Gasteiger partial charge in [0.2, 0.25) is 5.78 Å². The van der Waals surface area contributed by atoms with E-state index in [0.29, 0.717) is 41.8 Å². The first kappa shape index (κ1) is 19.7. The topological polar surface area (TPSA) is 101 Å². The fourth-order valence-corrected chi connectivity index (χ4v) is 5.68. The van der Waals surface area contributed by atoms with Gasteiger partial charge in [-0.3, -0.25) is 19.7 Å². The number of anilines is 1. The summed E-state index contributed by atoms with van der Waals surface area (Å²) in [6.45, 7) is 1.13. The van der Waals surface area contributed by atoms with Crippen molar-refractivity contribution in [2.24, 2.45) is 0 Å². The molecule has 164 valence electrons. The molecule has 3 heterocycles. The third kappa shape index (κ3) is 2.51. The summed E-state index contributed by atoms with van der Waals surface area (Å²) < 4.78 is -0.238. The minimum absolute atomic E-state index is 0.0922. The Morgan fingerprint density at radius 1 is 0.939 bits per heavy atom. The third-order valence-electron chi connectivity index (χ3n) is 7.14. The van der Waals surface area contributed by atoms with E-state index in [-0.39, 0.29) is 21.9 Å². The van der Waals surface area contributed by atoms with E-state index in [0.717, 1.165) is 4.90 Å². The molecule has 3 fully saturated rings. The van der Waals surface area contributed by atoms with E-state index in [1.807, 2.05) is 11.0 Å². The number of non-ortho nitro benzene ring substituents is 1. The van der Waals surface area contributed by atoms with Crippen LogP contribution in [-0.4, -0.2) is 63.9 Å². The van der Waals surface area contributed by atoms with Crippen LogP contribution in [0.3, 0.4) is 0 Å². The Hall–Kier alpha value is -3.95. The molecule has 1 spiro atoms. The summed E-state index contributed by atoms with van der Waals surface area (Å²) in [5.41, 5.74) is 0.741. The number of rotatable bonds is 4. The van der Waals surface area contributed by atoms with Crippen LogP contribution in [0, 0.1) is 10.1 Å². The highest BCUT2D eigenvalue weighted by Crippen LogP contribution is 2.46. The molecule has 3 aromatic carbocycles. The standard InChI is InChI=1S/C24H19N4O5/c29-22(15-6-2-1-3-7-15)20-12-25-13-21-23(30)26(24(31)28(20,21)14-25)18-10-11-19(27(32)33)17-9-5-4-8-16(17)18/h1-11,20-21H,12-14H2/q+1. The molecular weight excluding hydrogens is 424 g/mol. The van der Waals surface area contributed by atoms with Crippen molar-refractivity contribution in [2.45, 2.75) is 12.1 Å². The van der Waals surface area contributed by atoms with Gasteiger partial charge in [0.15, 0.2) is 12.1 Å². The van der Waals surface area contributed by atoms with Crippen LogP contribution in [0.1, 0.15) is 10.4 Å². The number of hydrogen-bond donors (Lipinski definition) is 0. The molecular formula is C24H19N4O5+. The van der Waals surface area contributed by atoms with Crippen LogP contribution in [0.4, 0.5) is 16.2 Å². The van der Waals surface area contributed by atoms with Crippen LogP contribution < -0.4 is 4.90 Å². The third-order valence-corrected chi connectivity index (χ3v) is 7.14. The number of nitro groups is 1. The largest absolute Gasteiger partial charge is 0.433 e. The second-order valence-corrected chi connectivity index (χ2v) is 8.73. The molecule has 0 saturated carbocycles. The number of benzene rings is 3. The number of ketones is 1. The maximum Gasteiger partial charge on any atom is 0.433 e. The molecule has 0 aromatic heterocycles. The lowest BCUT2D eigenvalue weighted by molar-refractivity contribution is -0.852. The molecule has 0 N–H and O–H groups in total. The molecule has 9 nitrogen and oxygen atoms in total. The van der Waals surface area contributed by atoms with Crippen molar-refractivity contribution < 1.29 is 23.8 Å². The lowest BCUT2D eigenvalue weighted by Crippen LogP contribution is -2.62. The summed E-state index contributed by atoms with van der Waals surface area (Å²) in [5.74, 6) is -0.522. The highest BCUT2D eigenvalue weighted by atomic mass is 16.6. The summed E-state index contributed by atoms with van der Waals surface area (Å²) in [5, 5.41) is 12.3. The number of fused-ring (bicyclic) bond motifs is 2. The molecule has 3 saturated heterocycles. The maximum absolute atomic E-state index is 14.0. The number of imide groups is 1. The van der Waals surface area contributed by atoms with Gasteiger partial charge in [-0.15, -0.1) is 0 Å². The Bertz CT molecular complexity index is 1370. The van der Waals surface area contributed by atoms with Crippen molar-refractivity contribution >= 4 is 39.9 Å². The van der Waals surface area contributed by atoms with Crippen molar-refractivity contribution in [1.29, 1.82) is 0 Å². The molecule has 3 aromatic rings. The second-order valence-electron chi connectivity index (χ2n) is 8.73. The zero-order chi connectivity index (χ0) is 22.9. The van der Waals surface area contributed by atoms with Gasteiger partial charge in [0, 0.05) is 17.0 Å². The van der Waals surface area contributed by atoms with Crippen LogP contribution >= 0.6 is 0 Å². The summed E-state index contributed by atoms with van der Waals surface area (Å²) >= 11 is 0. The van der Waals surface area contributed by atoms with E-state index in [4.69, 9.17) is 0 Å². The summed E-state index contributed by atoms with van der Waals surface area (Å²) in [7, 11) is 0. The van der Waals surface area contributed by atoms with Gasteiger partial charge < -0.3 is 0 Å². The highest BCUT2D eigenvalue weighted by Gasteiger charge is 2.73. The number of urea groups is 1. The number of amides is 3. The van der Waals surface area contributed by atoms with Crippen molar-refractivity contribution in [3.63, 3.8) is 0 Å². The number of carbonyl (C=O) groups excluding carboxylic acids is 3. The van der Waals surface area contributed by atoms with Crippen molar-refractivity contribution in [1.82, 2.24) is 4.90 Å². The quantitative estimate of drug-likeness (QED) is 0.202. The Morgan fingerprint density at radius 2 is 1.64 bits per heavy atom. The highest BCUT2D eigenvalue weighted by molar-refractivity contribution is 6.23. The van der Waals surface area contributed by atoms with Gasteiger partial charge in [-0.25, -0.2) is 14.2 Å². The van der Waals surface area contributed by atoms with Gasteiger partial charge in [-0.2, -0.15) is 4.90 Å². The first-order valence-corrected chi connectivity index (χ1v) is 10.7.